The van der Waals surface area contributed by atoms with Crippen LogP contribution in [0.1, 0.15) is 0 Å². The van der Waals surface area contributed by atoms with Gasteiger partial charge in [0.15, 0.2) is 0 Å². The Balaban J connectivity index is 1.50. The maximum absolute atomic E-state index is 5.28. The molecule has 0 amide bonds. The summed E-state index contributed by atoms with van der Waals surface area (Å²) >= 11 is 0. The average Bonchev–Trinajstić information content (AvgIpc) is 2.79. The van der Waals surface area contributed by atoms with Crippen molar-refractivity contribution in [3.05, 3.63) is 66.9 Å². The molecule has 0 radical (unpaired) electrons. The third-order valence-corrected chi connectivity index (χ3v) is 5.21. The van der Waals surface area contributed by atoms with Crippen molar-refractivity contribution in [3.8, 4) is 22.8 Å². The Hall–Kier alpha value is -3.21. The van der Waals surface area contributed by atoms with E-state index in [9.17, 15) is 0 Å². The van der Waals surface area contributed by atoms with E-state index in [2.05, 4.69) is 45.1 Å². The largest absolute Gasteiger partial charge is 0.497 e. The number of aromatic nitrogens is 1. The second-order valence-electron chi connectivity index (χ2n) is 6.77. The molecule has 5 heteroatoms. The number of hydrogen-bond donors (Lipinski definition) is 0. The van der Waals surface area contributed by atoms with Gasteiger partial charge in [-0.1, -0.05) is 0 Å². The second-order valence-corrected chi connectivity index (χ2v) is 6.77. The Kier molecular flexibility index (Phi) is 5.33. The summed E-state index contributed by atoms with van der Waals surface area (Å²) in [5, 5.41) is 0. The SMILES string of the molecule is COc1ccc(-c2ncccc2N2CCN(c3ccc(OC)cc3)CC2)cc1. The van der Waals surface area contributed by atoms with E-state index in [1.807, 2.05) is 36.5 Å². The lowest BCUT2D eigenvalue weighted by Crippen LogP contribution is -2.46. The summed E-state index contributed by atoms with van der Waals surface area (Å²) in [6.07, 6.45) is 1.86. The molecule has 0 saturated carbocycles. The van der Waals surface area contributed by atoms with Gasteiger partial charge in [0.25, 0.3) is 0 Å². The van der Waals surface area contributed by atoms with Crippen LogP contribution in [-0.2, 0) is 0 Å². The highest BCUT2D eigenvalue weighted by molar-refractivity contribution is 5.75. The topological polar surface area (TPSA) is 37.8 Å². The number of rotatable bonds is 5. The number of hydrogen-bond acceptors (Lipinski definition) is 5. The van der Waals surface area contributed by atoms with Gasteiger partial charge in [0.1, 0.15) is 11.5 Å². The van der Waals surface area contributed by atoms with Gasteiger partial charge < -0.3 is 19.3 Å². The number of nitrogens with zero attached hydrogens (tertiary/aromatic N) is 3. The summed E-state index contributed by atoms with van der Waals surface area (Å²) in [7, 11) is 3.38. The molecule has 1 aromatic heterocycles. The van der Waals surface area contributed by atoms with Crippen LogP contribution in [0.25, 0.3) is 11.3 Å². The maximum atomic E-state index is 5.28. The Morgan fingerprint density at radius 3 is 1.89 bits per heavy atom. The molecule has 1 aliphatic rings. The average molecular weight is 375 g/mol. The Labute approximate surface area is 166 Å². The number of methoxy groups -OCH3 is 2. The van der Waals surface area contributed by atoms with E-state index in [0.717, 1.165) is 48.9 Å². The molecule has 2 heterocycles. The number of anilines is 2. The molecule has 0 atom stereocenters. The van der Waals surface area contributed by atoms with E-state index in [-0.39, 0.29) is 0 Å². The van der Waals surface area contributed by atoms with Crippen molar-refractivity contribution in [3.63, 3.8) is 0 Å². The van der Waals surface area contributed by atoms with E-state index in [0.29, 0.717) is 0 Å². The summed E-state index contributed by atoms with van der Waals surface area (Å²) in [5.41, 5.74) is 4.54. The third-order valence-electron chi connectivity index (χ3n) is 5.21. The zero-order valence-electron chi connectivity index (χ0n) is 16.3. The minimum atomic E-state index is 0.856. The first-order valence-corrected chi connectivity index (χ1v) is 9.52. The molecular formula is C23H25N3O2. The molecule has 28 heavy (non-hydrogen) atoms. The highest BCUT2D eigenvalue weighted by Gasteiger charge is 2.20. The van der Waals surface area contributed by atoms with Crippen LogP contribution in [0.5, 0.6) is 11.5 Å². The normalized spacial score (nSPS) is 14.1. The van der Waals surface area contributed by atoms with Crippen LogP contribution in [0, 0.1) is 0 Å². The van der Waals surface area contributed by atoms with Crippen molar-refractivity contribution in [2.24, 2.45) is 0 Å². The summed E-state index contributed by atoms with van der Waals surface area (Å²) in [6.45, 7) is 3.87. The molecule has 0 bridgehead atoms. The van der Waals surface area contributed by atoms with Gasteiger partial charge in [0, 0.05) is 43.6 Å². The van der Waals surface area contributed by atoms with Gasteiger partial charge in [0.2, 0.25) is 0 Å². The Morgan fingerprint density at radius 1 is 0.714 bits per heavy atom. The van der Waals surface area contributed by atoms with E-state index in [4.69, 9.17) is 9.47 Å². The highest BCUT2D eigenvalue weighted by atomic mass is 16.5. The maximum Gasteiger partial charge on any atom is 0.119 e. The van der Waals surface area contributed by atoms with Crippen LogP contribution in [0.4, 0.5) is 11.4 Å². The lowest BCUT2D eigenvalue weighted by Gasteiger charge is -2.38. The van der Waals surface area contributed by atoms with Gasteiger partial charge in [-0.15, -0.1) is 0 Å². The fourth-order valence-electron chi connectivity index (χ4n) is 3.62. The monoisotopic (exact) mass is 375 g/mol. The van der Waals surface area contributed by atoms with Crippen LogP contribution in [0.15, 0.2) is 66.9 Å². The molecule has 0 N–H and O–H groups in total. The third kappa shape index (κ3) is 3.74. The zero-order valence-corrected chi connectivity index (χ0v) is 16.3. The van der Waals surface area contributed by atoms with Crippen molar-refractivity contribution < 1.29 is 9.47 Å². The first-order chi connectivity index (χ1) is 13.8. The Bertz CT molecular complexity index is 902. The summed E-state index contributed by atoms with van der Waals surface area (Å²) in [6, 6.07) is 20.6. The van der Waals surface area contributed by atoms with Crippen LogP contribution < -0.4 is 19.3 Å². The van der Waals surface area contributed by atoms with Gasteiger partial charge in [0.05, 0.1) is 25.6 Å². The first-order valence-electron chi connectivity index (χ1n) is 9.52. The molecule has 144 valence electrons. The predicted molar refractivity (Wildman–Crippen MR) is 114 cm³/mol. The molecule has 1 fully saturated rings. The smallest absolute Gasteiger partial charge is 0.119 e. The molecule has 5 nitrogen and oxygen atoms in total. The van der Waals surface area contributed by atoms with Crippen molar-refractivity contribution in [1.82, 2.24) is 4.98 Å². The van der Waals surface area contributed by atoms with Gasteiger partial charge in [-0.3, -0.25) is 4.98 Å². The highest BCUT2D eigenvalue weighted by Crippen LogP contribution is 2.31. The molecule has 1 saturated heterocycles. The standard InChI is InChI=1S/C23H25N3O2/c1-27-20-9-5-18(6-10-20)23-22(4-3-13-24-23)26-16-14-25(15-17-26)19-7-11-21(28-2)12-8-19/h3-13H,14-17H2,1-2H3. The quantitative estimate of drug-likeness (QED) is 0.671. The predicted octanol–water partition coefficient (Wildman–Crippen LogP) is 4.09. The fraction of sp³-hybridized carbons (Fsp3) is 0.261. The summed E-state index contributed by atoms with van der Waals surface area (Å²) in [4.78, 5) is 9.51. The number of ether oxygens (including phenoxy) is 2. The minimum Gasteiger partial charge on any atom is -0.497 e. The van der Waals surface area contributed by atoms with E-state index in [1.165, 1.54) is 11.4 Å². The van der Waals surface area contributed by atoms with Crippen LogP contribution in [0.3, 0.4) is 0 Å². The van der Waals surface area contributed by atoms with Crippen molar-refractivity contribution in [2.75, 3.05) is 50.2 Å². The molecule has 0 spiro atoms. The molecule has 2 aromatic carbocycles. The number of benzene rings is 2. The van der Waals surface area contributed by atoms with Gasteiger partial charge in [-0.25, -0.2) is 0 Å². The Morgan fingerprint density at radius 2 is 1.29 bits per heavy atom. The first kappa shape index (κ1) is 18.2. The lowest BCUT2D eigenvalue weighted by molar-refractivity contribution is 0.414. The van der Waals surface area contributed by atoms with Crippen molar-refractivity contribution >= 4 is 11.4 Å². The number of pyridine rings is 1. The second kappa shape index (κ2) is 8.21. The molecule has 0 aliphatic carbocycles. The number of piperazine rings is 1. The van der Waals surface area contributed by atoms with Gasteiger partial charge >= 0.3 is 0 Å². The van der Waals surface area contributed by atoms with Crippen molar-refractivity contribution in [1.29, 1.82) is 0 Å². The fourth-order valence-corrected chi connectivity index (χ4v) is 3.62. The van der Waals surface area contributed by atoms with Crippen LogP contribution >= 0.6 is 0 Å². The molecule has 3 aromatic rings. The summed E-state index contributed by atoms with van der Waals surface area (Å²) < 4.78 is 10.5. The molecule has 1 aliphatic heterocycles. The van der Waals surface area contributed by atoms with Gasteiger partial charge in [-0.2, -0.15) is 0 Å². The molecule has 0 unspecified atom stereocenters. The van der Waals surface area contributed by atoms with Crippen LogP contribution in [0.2, 0.25) is 0 Å². The van der Waals surface area contributed by atoms with Crippen LogP contribution in [-0.4, -0.2) is 45.4 Å². The molecular weight excluding hydrogens is 350 g/mol. The van der Waals surface area contributed by atoms with Gasteiger partial charge in [-0.05, 0) is 60.7 Å². The minimum absolute atomic E-state index is 0.856. The zero-order chi connectivity index (χ0) is 19.3. The van der Waals surface area contributed by atoms with E-state index >= 15 is 0 Å². The lowest BCUT2D eigenvalue weighted by atomic mass is 10.1. The van der Waals surface area contributed by atoms with Crippen molar-refractivity contribution in [2.45, 2.75) is 0 Å². The summed E-state index contributed by atoms with van der Waals surface area (Å²) in [5.74, 6) is 1.75. The van der Waals surface area contributed by atoms with E-state index in [1.54, 1.807) is 14.2 Å². The molecule has 4 rings (SSSR count). The van der Waals surface area contributed by atoms with E-state index < -0.39 is 0 Å².